The normalized spacial score (nSPS) is 21.0. The van der Waals surface area contributed by atoms with Gasteiger partial charge in [-0.05, 0) is 44.2 Å². The highest BCUT2D eigenvalue weighted by molar-refractivity contribution is 6.04. The van der Waals surface area contributed by atoms with Crippen LogP contribution in [0.1, 0.15) is 56.1 Å². The van der Waals surface area contributed by atoms with Gasteiger partial charge < -0.3 is 15.5 Å². The zero-order chi connectivity index (χ0) is 21.3. The highest BCUT2D eigenvalue weighted by atomic mass is 16.2. The molecule has 1 aromatic heterocycles. The topological polar surface area (TPSA) is 107 Å². The summed E-state index contributed by atoms with van der Waals surface area (Å²) in [4.78, 5) is 47.9. The second-order valence-corrected chi connectivity index (χ2v) is 8.01. The zero-order valence-corrected chi connectivity index (χ0v) is 17.3. The standard InChI is InChI=1S/C22H27N5O3/c1-3-14-9-6-7-11-27(14)22-25-19-18(21(30)26-22)15(12-17(28)24-19)20(29)23-16-10-5-4-8-13(16)2/h4-5,8,10,14-15H,3,6-7,9,11-12H2,1-2H3,(H,23,29)(H2,24,25,26,28,30)/t14-,15-/m0/s1. The molecule has 1 fully saturated rings. The molecule has 2 aliphatic heterocycles. The first kappa shape index (κ1) is 20.1. The third kappa shape index (κ3) is 3.81. The minimum Gasteiger partial charge on any atom is -0.339 e. The summed E-state index contributed by atoms with van der Waals surface area (Å²) in [5, 5.41) is 5.55. The fourth-order valence-electron chi connectivity index (χ4n) is 4.36. The van der Waals surface area contributed by atoms with Gasteiger partial charge in [-0.2, -0.15) is 4.98 Å². The summed E-state index contributed by atoms with van der Waals surface area (Å²) < 4.78 is 0. The number of aryl methyl sites for hydroxylation is 1. The van der Waals surface area contributed by atoms with Crippen molar-refractivity contribution in [1.29, 1.82) is 0 Å². The van der Waals surface area contributed by atoms with E-state index < -0.39 is 5.92 Å². The van der Waals surface area contributed by atoms with Crippen molar-refractivity contribution in [3.05, 3.63) is 45.7 Å². The summed E-state index contributed by atoms with van der Waals surface area (Å²) >= 11 is 0. The summed E-state index contributed by atoms with van der Waals surface area (Å²) in [5.74, 6) is -0.935. The number of fused-ring (bicyclic) bond motifs is 1. The number of anilines is 3. The van der Waals surface area contributed by atoms with Crippen molar-refractivity contribution in [2.24, 2.45) is 0 Å². The Kier molecular flexibility index (Phi) is 5.57. The molecular weight excluding hydrogens is 382 g/mol. The van der Waals surface area contributed by atoms with E-state index in [4.69, 9.17) is 0 Å². The van der Waals surface area contributed by atoms with Crippen LogP contribution in [-0.4, -0.2) is 34.4 Å². The minimum absolute atomic E-state index is 0.0872. The number of piperidine rings is 1. The maximum absolute atomic E-state index is 13.0. The van der Waals surface area contributed by atoms with E-state index >= 15 is 0 Å². The second-order valence-electron chi connectivity index (χ2n) is 8.01. The monoisotopic (exact) mass is 409 g/mol. The lowest BCUT2D eigenvalue weighted by Gasteiger charge is -2.36. The number of benzene rings is 1. The van der Waals surface area contributed by atoms with E-state index in [0.29, 0.717) is 17.7 Å². The molecule has 30 heavy (non-hydrogen) atoms. The molecule has 8 heteroatoms. The fourth-order valence-corrected chi connectivity index (χ4v) is 4.36. The molecule has 0 spiro atoms. The van der Waals surface area contributed by atoms with Crippen LogP contribution in [0.25, 0.3) is 0 Å². The number of hydrogen-bond donors (Lipinski definition) is 3. The lowest BCUT2D eigenvalue weighted by molar-refractivity contribution is -0.123. The molecule has 1 aromatic carbocycles. The number of carbonyl (C=O) groups is 2. The lowest BCUT2D eigenvalue weighted by Crippen LogP contribution is -2.43. The van der Waals surface area contributed by atoms with E-state index in [2.05, 4.69) is 32.4 Å². The first-order valence-electron chi connectivity index (χ1n) is 10.5. The van der Waals surface area contributed by atoms with Crippen LogP contribution in [0.2, 0.25) is 0 Å². The van der Waals surface area contributed by atoms with Crippen molar-refractivity contribution in [3.63, 3.8) is 0 Å². The van der Waals surface area contributed by atoms with Crippen LogP contribution < -0.4 is 21.1 Å². The molecule has 0 saturated carbocycles. The number of para-hydroxylation sites is 1. The average Bonchev–Trinajstić information content (AvgIpc) is 2.74. The summed E-state index contributed by atoms with van der Waals surface area (Å²) in [6.45, 7) is 4.82. The largest absolute Gasteiger partial charge is 0.339 e. The van der Waals surface area contributed by atoms with Crippen molar-refractivity contribution >= 4 is 29.3 Å². The van der Waals surface area contributed by atoms with Gasteiger partial charge in [0.2, 0.25) is 17.8 Å². The first-order valence-corrected chi connectivity index (χ1v) is 10.5. The molecule has 2 aromatic rings. The molecule has 1 saturated heterocycles. The van der Waals surface area contributed by atoms with Crippen molar-refractivity contribution in [3.8, 4) is 0 Å². The number of H-pyrrole nitrogens is 1. The predicted octanol–water partition coefficient (Wildman–Crippen LogP) is 2.91. The van der Waals surface area contributed by atoms with E-state index in [-0.39, 0.29) is 35.2 Å². The number of aromatic amines is 1. The molecule has 2 amide bonds. The van der Waals surface area contributed by atoms with Crippen LogP contribution in [0.15, 0.2) is 29.1 Å². The number of amides is 2. The Bertz CT molecular complexity index is 1030. The van der Waals surface area contributed by atoms with Crippen LogP contribution in [-0.2, 0) is 9.59 Å². The molecule has 2 aliphatic rings. The van der Waals surface area contributed by atoms with Gasteiger partial charge in [0.05, 0.1) is 11.5 Å². The third-order valence-corrected chi connectivity index (χ3v) is 6.03. The molecule has 158 valence electrons. The van der Waals surface area contributed by atoms with Gasteiger partial charge in [0.25, 0.3) is 5.56 Å². The zero-order valence-electron chi connectivity index (χ0n) is 17.3. The van der Waals surface area contributed by atoms with Crippen LogP contribution in [0.3, 0.4) is 0 Å². The van der Waals surface area contributed by atoms with Crippen molar-refractivity contribution in [2.45, 2.75) is 57.9 Å². The Morgan fingerprint density at radius 1 is 1.27 bits per heavy atom. The van der Waals surface area contributed by atoms with Gasteiger partial charge in [-0.15, -0.1) is 0 Å². The number of hydrogen-bond acceptors (Lipinski definition) is 5. The Balaban J connectivity index is 1.67. The molecule has 0 bridgehead atoms. The molecule has 8 nitrogen and oxygen atoms in total. The van der Waals surface area contributed by atoms with Gasteiger partial charge in [-0.25, -0.2) is 0 Å². The summed E-state index contributed by atoms with van der Waals surface area (Å²) in [6.07, 6.45) is 4.10. The van der Waals surface area contributed by atoms with Crippen LogP contribution in [0.4, 0.5) is 17.5 Å². The Hall–Kier alpha value is -3.16. The van der Waals surface area contributed by atoms with Crippen LogP contribution in [0.5, 0.6) is 0 Å². The Morgan fingerprint density at radius 3 is 2.83 bits per heavy atom. The van der Waals surface area contributed by atoms with Crippen LogP contribution in [0, 0.1) is 6.92 Å². The summed E-state index contributed by atoms with van der Waals surface area (Å²) in [6, 6.07) is 7.70. The molecular formula is C22H27N5O3. The van der Waals surface area contributed by atoms with E-state index in [1.165, 1.54) is 0 Å². The van der Waals surface area contributed by atoms with Crippen molar-refractivity contribution in [2.75, 3.05) is 22.1 Å². The van der Waals surface area contributed by atoms with Gasteiger partial charge in [-0.3, -0.25) is 19.4 Å². The van der Waals surface area contributed by atoms with Gasteiger partial charge >= 0.3 is 0 Å². The van der Waals surface area contributed by atoms with E-state index in [9.17, 15) is 14.4 Å². The second kappa shape index (κ2) is 8.30. The molecule has 3 N–H and O–H groups in total. The molecule has 2 atom stereocenters. The smallest absolute Gasteiger partial charge is 0.258 e. The maximum atomic E-state index is 13.0. The predicted molar refractivity (Wildman–Crippen MR) is 116 cm³/mol. The maximum Gasteiger partial charge on any atom is 0.258 e. The molecule has 0 unspecified atom stereocenters. The number of carbonyl (C=O) groups excluding carboxylic acids is 2. The summed E-state index contributed by atoms with van der Waals surface area (Å²) in [7, 11) is 0. The van der Waals surface area contributed by atoms with Gasteiger partial charge in [0.1, 0.15) is 5.82 Å². The third-order valence-electron chi connectivity index (χ3n) is 6.03. The van der Waals surface area contributed by atoms with Crippen molar-refractivity contribution < 1.29 is 9.59 Å². The highest BCUT2D eigenvalue weighted by Gasteiger charge is 2.36. The highest BCUT2D eigenvalue weighted by Crippen LogP contribution is 2.32. The van der Waals surface area contributed by atoms with Crippen LogP contribution >= 0.6 is 0 Å². The van der Waals surface area contributed by atoms with Gasteiger partial charge in [-0.1, -0.05) is 25.1 Å². The van der Waals surface area contributed by atoms with E-state index in [0.717, 1.165) is 37.8 Å². The SMILES string of the molecule is CC[C@H]1CCCCN1c1nc2c(c(=O)[nH]1)[C@@H](C(=O)Nc1ccccc1C)CC(=O)N2. The Morgan fingerprint density at radius 2 is 2.07 bits per heavy atom. The number of nitrogens with one attached hydrogen (secondary N) is 3. The molecule has 0 radical (unpaired) electrons. The van der Waals surface area contributed by atoms with E-state index in [1.807, 2.05) is 25.1 Å². The number of aromatic nitrogens is 2. The molecule has 4 rings (SSSR count). The number of rotatable bonds is 4. The average molecular weight is 409 g/mol. The molecule has 3 heterocycles. The minimum atomic E-state index is -0.887. The van der Waals surface area contributed by atoms with Crippen molar-refractivity contribution in [1.82, 2.24) is 9.97 Å². The summed E-state index contributed by atoms with van der Waals surface area (Å²) in [5.41, 5.74) is 1.41. The molecule has 0 aliphatic carbocycles. The van der Waals surface area contributed by atoms with Gasteiger partial charge in [0.15, 0.2) is 0 Å². The first-order chi connectivity index (χ1) is 14.5. The number of nitrogens with zero attached hydrogens (tertiary/aromatic N) is 2. The quantitative estimate of drug-likeness (QED) is 0.720. The van der Waals surface area contributed by atoms with Gasteiger partial charge in [0, 0.05) is 24.7 Å². The fraction of sp³-hybridized carbons (Fsp3) is 0.455. The van der Waals surface area contributed by atoms with E-state index in [1.54, 1.807) is 6.07 Å². The Labute approximate surface area is 175 Å². The lowest BCUT2D eigenvalue weighted by atomic mass is 9.92.